The Labute approximate surface area is 56.7 Å². The maximum atomic E-state index is 10.2. The van der Waals surface area contributed by atoms with Crippen LogP contribution in [0.3, 0.4) is 0 Å². The molecule has 1 aliphatic heterocycles. The van der Waals surface area contributed by atoms with Crippen molar-refractivity contribution in [2.24, 2.45) is 0 Å². The molecule has 1 aliphatic rings. The Hall–Kier alpha value is 0.236. The summed E-state index contributed by atoms with van der Waals surface area (Å²) in [6.07, 6.45) is 4.09. The summed E-state index contributed by atoms with van der Waals surface area (Å²) in [5.74, 6) is 0. The zero-order valence-corrected chi connectivity index (χ0v) is 8.89. The van der Waals surface area contributed by atoms with Crippen LogP contribution in [0.2, 0.25) is 0 Å². The molecule has 1 nitrogen and oxygen atoms in total. The molecule has 0 amide bonds. The second-order valence-corrected chi connectivity index (χ2v) is 17.2. The molecular weight excluding hydrogens is 221 g/mol. The fraction of sp³-hybridized carbons (Fsp3) is 0. The Kier molecular flexibility index (Phi) is 2.62. The van der Waals surface area contributed by atoms with Crippen molar-refractivity contribution in [2.75, 3.05) is 0 Å². The van der Waals surface area contributed by atoms with Gasteiger partial charge in [0.15, 0.2) is 0 Å². The van der Waals surface area contributed by atoms with Crippen LogP contribution < -0.4 is 0 Å². The molecule has 0 N–H and O–H groups in total. The van der Waals surface area contributed by atoms with Crippen molar-refractivity contribution in [3.63, 3.8) is 0 Å². The van der Waals surface area contributed by atoms with Crippen molar-refractivity contribution in [3.8, 4) is 0 Å². The van der Waals surface area contributed by atoms with Gasteiger partial charge < -0.3 is 0 Å². The van der Waals surface area contributed by atoms with Crippen molar-refractivity contribution in [2.45, 2.75) is 0 Å². The predicted molar refractivity (Wildman–Crippen MR) is 37.9 cm³/mol. The van der Waals surface area contributed by atoms with Gasteiger partial charge in [0.2, 0.25) is 0 Å². The molecule has 0 fully saturated rings. The van der Waals surface area contributed by atoms with E-state index in [2.05, 4.69) is 15.9 Å². The Morgan fingerprint density at radius 2 is 2.38 bits per heavy atom. The van der Waals surface area contributed by atoms with Crippen LogP contribution in [0.5, 0.6) is 0 Å². The zero-order chi connectivity index (χ0) is 5.82. The van der Waals surface area contributed by atoms with Gasteiger partial charge in [-0.25, -0.2) is 0 Å². The normalized spacial score (nSPS) is 15.8. The molecule has 0 spiro atoms. The monoisotopic (exact) mass is 230 g/mol. The average molecular weight is 227 g/mol. The van der Waals surface area contributed by atoms with Gasteiger partial charge in [-0.2, -0.15) is 0 Å². The molecule has 1 heterocycles. The molecule has 40 valence electrons. The third kappa shape index (κ3) is 1.63. The van der Waals surface area contributed by atoms with E-state index < -0.39 is 11.8 Å². The van der Waals surface area contributed by atoms with Crippen LogP contribution >= 0.6 is 0 Å². The van der Waals surface area contributed by atoms with Crippen molar-refractivity contribution in [3.05, 3.63) is 22.0 Å². The van der Waals surface area contributed by atoms with Crippen LogP contribution in [0.25, 0.3) is 0 Å². The summed E-state index contributed by atoms with van der Waals surface area (Å²) in [5, 5.41) is 1.21. The van der Waals surface area contributed by atoms with Gasteiger partial charge in [0.1, 0.15) is 0 Å². The molecule has 3 heteroatoms. The molecule has 0 aromatic rings. The summed E-state index contributed by atoms with van der Waals surface area (Å²) < 4.78 is 0. The zero-order valence-electron chi connectivity index (χ0n) is 4.37. The summed E-state index contributed by atoms with van der Waals surface area (Å²) in [6, 6.07) is 0. The molecule has 0 aromatic carbocycles. The van der Waals surface area contributed by atoms with E-state index in [0.29, 0.717) is 0 Å². The summed E-state index contributed by atoms with van der Waals surface area (Å²) in [7, 11) is 0. The molecule has 8 heavy (non-hydrogen) atoms. The van der Waals surface area contributed by atoms with E-state index in [-0.39, 0.29) is 12.9 Å². The van der Waals surface area contributed by atoms with Crippen molar-refractivity contribution in [1.82, 2.24) is 0 Å². The minimum atomic E-state index is -1.14. The van der Waals surface area contributed by atoms with Crippen molar-refractivity contribution < 1.29 is 4.79 Å². The first-order valence-electron chi connectivity index (χ1n) is 2.44. The van der Waals surface area contributed by atoms with Crippen LogP contribution in [0.1, 0.15) is 0 Å². The molecule has 1 rings (SSSR count). The summed E-state index contributed by atoms with van der Waals surface area (Å²) in [6.45, 7) is 0. The van der Waals surface area contributed by atoms with E-state index in [1.54, 1.807) is 0 Å². The topological polar surface area (TPSA) is 17.1 Å². The minimum absolute atomic E-state index is 0.182. The summed E-state index contributed by atoms with van der Waals surface area (Å²) in [5.41, 5.74) is 0. The fourth-order valence-electron chi connectivity index (χ4n) is 0.532. The third-order valence-electron chi connectivity index (χ3n) is 0.936. The maximum absolute atomic E-state index is 10.2. The Morgan fingerprint density at radius 1 is 1.50 bits per heavy atom. The van der Waals surface area contributed by atoms with Gasteiger partial charge in [-0.05, 0) is 0 Å². The molecule has 0 aliphatic carbocycles. The number of allylic oxidation sites excluding steroid dienone is 2. The summed E-state index contributed by atoms with van der Waals surface area (Å²) >= 11 is -1.32. The van der Waals surface area contributed by atoms with Gasteiger partial charge in [-0.1, -0.05) is 0 Å². The molecular formula is C5H6Ge2O. The number of carbonyl (C=O) groups is 1. The fourth-order valence-corrected chi connectivity index (χ4v) is 9.68. The first-order chi connectivity index (χ1) is 3.93. The van der Waals surface area contributed by atoms with Crippen LogP contribution in [0.15, 0.2) is 22.0 Å². The number of rotatable bonds is 1. The van der Waals surface area contributed by atoms with Crippen molar-refractivity contribution >= 4 is 29.9 Å². The van der Waals surface area contributed by atoms with Crippen LogP contribution in [0.4, 0.5) is 0 Å². The van der Waals surface area contributed by atoms with Gasteiger partial charge in [0.25, 0.3) is 0 Å². The van der Waals surface area contributed by atoms with Gasteiger partial charge in [0, 0.05) is 0 Å². The van der Waals surface area contributed by atoms with E-state index in [4.69, 9.17) is 0 Å². The van der Waals surface area contributed by atoms with Gasteiger partial charge >= 0.3 is 56.6 Å². The number of carbonyl (C=O) groups excluding carboxylic acids is 1. The molecule has 0 saturated carbocycles. The SMILES string of the molecule is O=[CH][Ge]1=[GeH][CH]=CC=[CH]1. The second kappa shape index (κ2) is 3.30. The quantitative estimate of drug-likeness (QED) is 0.448. The van der Waals surface area contributed by atoms with E-state index in [1.807, 2.05) is 6.08 Å². The standard InChI is InChI=1S/C5H6Ge2O/c8-5-7-4-2-1-3-6-7/h1-6H. The third-order valence-corrected chi connectivity index (χ3v) is 14.3. The van der Waals surface area contributed by atoms with Gasteiger partial charge in [0.05, 0.1) is 0 Å². The predicted octanol–water partition coefficient (Wildman–Crippen LogP) is -0.191. The molecule has 0 radical (unpaired) electrons. The molecule has 0 unspecified atom stereocenters. The molecule has 0 bridgehead atoms. The van der Waals surface area contributed by atoms with Crippen LogP contribution in [0, 0.1) is 0 Å². The average Bonchev–Trinajstić information content (AvgIpc) is 1.90. The molecule has 0 saturated heterocycles. The van der Waals surface area contributed by atoms with E-state index >= 15 is 0 Å². The number of hydrogen-bond donors (Lipinski definition) is 0. The number of hydrogen-bond acceptors (Lipinski definition) is 1. The van der Waals surface area contributed by atoms with Crippen molar-refractivity contribution in [1.29, 1.82) is 0 Å². The van der Waals surface area contributed by atoms with E-state index in [9.17, 15) is 4.79 Å². The molecule has 0 aromatic heterocycles. The van der Waals surface area contributed by atoms with Gasteiger partial charge in [-0.3, -0.25) is 0 Å². The van der Waals surface area contributed by atoms with E-state index in [1.165, 1.54) is 5.12 Å². The van der Waals surface area contributed by atoms with Crippen LogP contribution in [-0.4, -0.2) is 29.9 Å². The Morgan fingerprint density at radius 3 is 2.75 bits per heavy atom. The molecule has 0 atom stereocenters. The first kappa shape index (κ1) is 6.36. The van der Waals surface area contributed by atoms with Crippen LogP contribution in [-0.2, 0) is 4.79 Å². The Bertz CT molecular complexity index is 179. The van der Waals surface area contributed by atoms with E-state index in [0.717, 1.165) is 0 Å². The second-order valence-electron chi connectivity index (χ2n) is 1.53. The van der Waals surface area contributed by atoms with Gasteiger partial charge in [-0.15, -0.1) is 0 Å². The Balaban J connectivity index is 2.82. The first-order valence-corrected chi connectivity index (χ1v) is 13.8. The summed E-state index contributed by atoms with van der Waals surface area (Å²) in [4.78, 5) is 14.6.